The molecule has 1 aromatic rings. The second-order valence-electron chi connectivity index (χ2n) is 5.84. The number of amides is 2. The van der Waals surface area contributed by atoms with Crippen molar-refractivity contribution in [1.29, 1.82) is 0 Å². The lowest BCUT2D eigenvalue weighted by Gasteiger charge is -2.33. The summed E-state index contributed by atoms with van der Waals surface area (Å²) in [4.78, 5) is 40.3. The molecule has 0 radical (unpaired) electrons. The lowest BCUT2D eigenvalue weighted by molar-refractivity contribution is -0.186. The van der Waals surface area contributed by atoms with Gasteiger partial charge in [-0.05, 0) is 24.4 Å². The van der Waals surface area contributed by atoms with Crippen LogP contribution in [0.15, 0.2) is 12.4 Å². The molecule has 0 aliphatic carbocycles. The molecule has 1 N–H and O–H groups in total. The van der Waals surface area contributed by atoms with Gasteiger partial charge in [0.1, 0.15) is 0 Å². The lowest BCUT2D eigenvalue weighted by atomic mass is 10.2. The molecule has 3 heterocycles. The molecule has 0 spiro atoms. The topological polar surface area (TPSA) is 96.9 Å². The molecule has 136 valence electrons. The summed E-state index contributed by atoms with van der Waals surface area (Å²) in [5.41, 5.74) is 2.67. The summed E-state index contributed by atoms with van der Waals surface area (Å²) < 4.78 is 5.38. The third-order valence-electron chi connectivity index (χ3n) is 4.13. The Morgan fingerprint density at radius 3 is 2.52 bits per heavy atom. The molecule has 10 heteroatoms. The smallest absolute Gasteiger partial charge is 0.316 e. The predicted octanol–water partition coefficient (Wildman–Crippen LogP) is 1.15. The van der Waals surface area contributed by atoms with E-state index in [1.807, 2.05) is 4.90 Å². The van der Waals surface area contributed by atoms with Gasteiger partial charge in [-0.1, -0.05) is 0 Å². The number of ether oxygens (including phenoxy) is 1. The predicted molar refractivity (Wildman–Crippen MR) is 89.2 cm³/mol. The highest BCUT2D eigenvalue weighted by molar-refractivity contribution is 6.62. The van der Waals surface area contributed by atoms with Crippen molar-refractivity contribution in [2.45, 2.75) is 25.6 Å². The second kappa shape index (κ2) is 8.41. The van der Waals surface area contributed by atoms with E-state index in [-0.39, 0.29) is 0 Å². The van der Waals surface area contributed by atoms with E-state index in [1.165, 1.54) is 12.4 Å². The van der Waals surface area contributed by atoms with Crippen LogP contribution in [0.1, 0.15) is 29.6 Å². The van der Waals surface area contributed by atoms with Crippen LogP contribution in [0.25, 0.3) is 0 Å². The molecule has 0 saturated carbocycles. The average molecular weight is 370 g/mol. The van der Waals surface area contributed by atoms with Gasteiger partial charge in [0.2, 0.25) is 5.95 Å². The number of nitrogens with one attached hydrogen (secondary N) is 1. The van der Waals surface area contributed by atoms with Gasteiger partial charge in [0.15, 0.2) is 6.29 Å². The molecule has 2 fully saturated rings. The fourth-order valence-corrected chi connectivity index (χ4v) is 2.84. The van der Waals surface area contributed by atoms with Crippen molar-refractivity contribution in [3.05, 3.63) is 18.0 Å². The van der Waals surface area contributed by atoms with Crippen molar-refractivity contribution in [1.82, 2.24) is 20.3 Å². The van der Waals surface area contributed by atoms with Crippen LogP contribution in [-0.4, -0.2) is 65.2 Å². The van der Waals surface area contributed by atoms with Crippen molar-refractivity contribution in [2.24, 2.45) is 0 Å². The highest BCUT2D eigenvalue weighted by Crippen LogP contribution is 2.14. The van der Waals surface area contributed by atoms with E-state index in [9.17, 15) is 9.59 Å². The van der Waals surface area contributed by atoms with Gasteiger partial charge < -0.3 is 14.5 Å². The number of hydrogen-bond donors (Lipinski definition) is 1. The fourth-order valence-electron chi connectivity index (χ4n) is 2.67. The molecule has 2 saturated heterocycles. The fraction of sp³-hybridized carbons (Fsp3) is 0.600. The van der Waals surface area contributed by atoms with E-state index >= 15 is 0 Å². The number of rotatable bonds is 4. The minimum absolute atomic E-state index is 0.300. The minimum Gasteiger partial charge on any atom is -0.350 e. The van der Waals surface area contributed by atoms with Gasteiger partial charge in [-0.15, -0.1) is 0 Å². The maximum absolute atomic E-state index is 12.0. The van der Waals surface area contributed by atoms with Crippen molar-refractivity contribution in [3.8, 4) is 0 Å². The van der Waals surface area contributed by atoms with Crippen LogP contribution >= 0.6 is 11.6 Å². The van der Waals surface area contributed by atoms with E-state index < -0.39 is 17.6 Å². The van der Waals surface area contributed by atoms with Gasteiger partial charge in [0, 0.05) is 51.6 Å². The quantitative estimate of drug-likeness (QED) is 0.483. The maximum Gasteiger partial charge on any atom is 0.316 e. The van der Waals surface area contributed by atoms with E-state index in [2.05, 4.69) is 15.4 Å². The molecule has 3 rings (SSSR count). The Balaban J connectivity index is 1.49. The van der Waals surface area contributed by atoms with E-state index in [0.717, 1.165) is 19.3 Å². The molecule has 9 nitrogen and oxygen atoms in total. The number of piperazine rings is 1. The molecule has 0 bridgehead atoms. The maximum atomic E-state index is 12.0. The molecular formula is C15H20ClN5O4. The second-order valence-corrected chi connectivity index (χ2v) is 6.17. The summed E-state index contributed by atoms with van der Waals surface area (Å²) in [5, 5.41) is -0.450. The first-order chi connectivity index (χ1) is 12.1. The van der Waals surface area contributed by atoms with Crippen molar-refractivity contribution in [3.63, 3.8) is 0 Å². The van der Waals surface area contributed by atoms with Crippen molar-refractivity contribution >= 4 is 28.8 Å². The van der Waals surface area contributed by atoms with Gasteiger partial charge in [-0.3, -0.25) is 9.59 Å². The Hall–Kier alpha value is -1.97. The summed E-state index contributed by atoms with van der Waals surface area (Å²) in [6, 6.07) is 0. The van der Waals surface area contributed by atoms with E-state index in [0.29, 0.717) is 44.3 Å². The first-order valence-electron chi connectivity index (χ1n) is 8.22. The zero-order valence-corrected chi connectivity index (χ0v) is 14.4. The minimum atomic E-state index is -0.450. The SMILES string of the molecule is O=C(NOC1CCCCO1)c1cnc(N2CCN(C(=O)Cl)CC2)nc1. The van der Waals surface area contributed by atoms with Crippen LogP contribution in [0.5, 0.6) is 0 Å². The Kier molecular flexibility index (Phi) is 6.00. The first kappa shape index (κ1) is 17.8. The largest absolute Gasteiger partial charge is 0.350 e. The third kappa shape index (κ3) is 4.77. The number of hydrogen-bond acceptors (Lipinski definition) is 7. The van der Waals surface area contributed by atoms with Crippen molar-refractivity contribution in [2.75, 3.05) is 37.7 Å². The van der Waals surface area contributed by atoms with Crippen LogP contribution in [0.3, 0.4) is 0 Å². The Morgan fingerprint density at radius 1 is 1.20 bits per heavy atom. The van der Waals surface area contributed by atoms with Crippen LogP contribution in [-0.2, 0) is 9.57 Å². The molecule has 1 atom stereocenters. The summed E-state index contributed by atoms with van der Waals surface area (Å²) in [5.74, 6) is 0.0908. The number of nitrogens with zero attached hydrogens (tertiary/aromatic N) is 4. The van der Waals surface area contributed by atoms with Crippen LogP contribution in [0, 0.1) is 0 Å². The van der Waals surface area contributed by atoms with Crippen LogP contribution in [0.4, 0.5) is 10.7 Å². The summed E-state index contributed by atoms with van der Waals surface area (Å²) >= 11 is 5.46. The Labute approximate surface area is 150 Å². The zero-order valence-electron chi connectivity index (χ0n) is 13.7. The molecule has 2 aliphatic heterocycles. The summed E-state index contributed by atoms with van der Waals surface area (Å²) in [7, 11) is 0. The zero-order chi connectivity index (χ0) is 17.6. The van der Waals surface area contributed by atoms with Crippen LogP contribution in [0.2, 0.25) is 0 Å². The van der Waals surface area contributed by atoms with Gasteiger partial charge in [-0.25, -0.2) is 20.3 Å². The summed E-state index contributed by atoms with van der Waals surface area (Å²) in [6.07, 6.45) is 5.27. The van der Waals surface area contributed by atoms with E-state index in [1.54, 1.807) is 4.90 Å². The third-order valence-corrected chi connectivity index (χ3v) is 4.37. The number of carbonyl (C=O) groups excluding carboxylic acids is 2. The normalized spacial score (nSPS) is 21.1. The first-order valence-corrected chi connectivity index (χ1v) is 8.60. The van der Waals surface area contributed by atoms with Crippen LogP contribution < -0.4 is 10.4 Å². The lowest BCUT2D eigenvalue weighted by Crippen LogP contribution is -2.47. The summed E-state index contributed by atoms with van der Waals surface area (Å²) in [6.45, 7) is 2.85. The van der Waals surface area contributed by atoms with Gasteiger partial charge in [0.25, 0.3) is 5.91 Å². The number of carbonyl (C=O) groups is 2. The monoisotopic (exact) mass is 369 g/mol. The number of anilines is 1. The van der Waals surface area contributed by atoms with Crippen molar-refractivity contribution < 1.29 is 19.2 Å². The molecule has 0 aromatic carbocycles. The standard InChI is InChI=1S/C15H20ClN5O4/c16-14(23)20-4-6-21(7-5-20)15-17-9-11(10-18-15)13(22)19-25-12-3-1-2-8-24-12/h9-10,12H,1-8H2,(H,19,22). The molecule has 2 amide bonds. The van der Waals surface area contributed by atoms with Gasteiger partial charge in [-0.2, -0.15) is 0 Å². The molecule has 2 aliphatic rings. The molecule has 1 aromatic heterocycles. The highest BCUT2D eigenvalue weighted by atomic mass is 35.5. The average Bonchev–Trinajstić information content (AvgIpc) is 2.67. The Morgan fingerprint density at radius 2 is 1.92 bits per heavy atom. The number of hydroxylamine groups is 1. The van der Waals surface area contributed by atoms with Gasteiger partial charge >= 0.3 is 5.37 Å². The highest BCUT2D eigenvalue weighted by Gasteiger charge is 2.22. The Bertz CT molecular complexity index is 600. The molecular weight excluding hydrogens is 350 g/mol. The molecule has 25 heavy (non-hydrogen) atoms. The number of aromatic nitrogens is 2. The molecule has 1 unspecified atom stereocenters. The number of halogens is 1. The van der Waals surface area contributed by atoms with Gasteiger partial charge in [0.05, 0.1) is 5.56 Å². The van der Waals surface area contributed by atoms with E-state index in [4.69, 9.17) is 21.2 Å².